The smallest absolute Gasteiger partial charge is 0.426 e. The van der Waals surface area contributed by atoms with E-state index in [0.717, 1.165) is 36.2 Å². The summed E-state index contributed by atoms with van der Waals surface area (Å²) in [5, 5.41) is 0. The van der Waals surface area contributed by atoms with Crippen molar-refractivity contribution >= 4 is 0 Å². The van der Waals surface area contributed by atoms with Crippen molar-refractivity contribution in [3.05, 3.63) is 65.0 Å². The third-order valence-electron chi connectivity index (χ3n) is 8.41. The highest BCUT2D eigenvalue weighted by molar-refractivity contribution is 5.30. The highest BCUT2D eigenvalue weighted by atomic mass is 19.3. The zero-order chi connectivity index (χ0) is 25.7. The monoisotopic (exact) mass is 508 g/mol. The number of halogens is 5. The average Bonchev–Trinajstić information content (AvgIpc) is 2.87. The van der Waals surface area contributed by atoms with Gasteiger partial charge in [0.15, 0.2) is 17.5 Å². The highest BCUT2D eigenvalue weighted by Crippen LogP contribution is 2.41. The van der Waals surface area contributed by atoms with Crippen LogP contribution in [0, 0.1) is 35.2 Å². The van der Waals surface area contributed by atoms with E-state index in [1.165, 1.54) is 76.3 Å². The fourth-order valence-corrected chi connectivity index (χ4v) is 6.22. The van der Waals surface area contributed by atoms with Crippen LogP contribution in [-0.2, 0) is 6.11 Å². The Kier molecular flexibility index (Phi) is 8.95. The van der Waals surface area contributed by atoms with Gasteiger partial charge in [0.2, 0.25) is 0 Å². The van der Waals surface area contributed by atoms with Crippen molar-refractivity contribution in [3.8, 4) is 5.75 Å². The van der Waals surface area contributed by atoms with E-state index < -0.39 is 34.9 Å². The molecular weight excluding hydrogens is 471 g/mol. The average molecular weight is 509 g/mol. The number of alkyl halides is 2. The maximum atomic E-state index is 14.6. The first-order chi connectivity index (χ1) is 17.2. The zero-order valence-electron chi connectivity index (χ0n) is 21.1. The van der Waals surface area contributed by atoms with E-state index >= 15 is 0 Å². The quantitative estimate of drug-likeness (QED) is 0.242. The molecule has 2 fully saturated rings. The minimum absolute atomic E-state index is 0.356. The molecule has 2 aromatic carbocycles. The van der Waals surface area contributed by atoms with Crippen LogP contribution in [-0.4, -0.2) is 0 Å². The molecule has 0 bridgehead atoms. The summed E-state index contributed by atoms with van der Waals surface area (Å²) in [5.74, 6) is -2.68. The maximum absolute atomic E-state index is 14.6. The van der Waals surface area contributed by atoms with Gasteiger partial charge in [-0.2, -0.15) is 8.78 Å². The van der Waals surface area contributed by atoms with Gasteiger partial charge in [0.05, 0.1) is 5.56 Å². The van der Waals surface area contributed by atoms with E-state index in [1.54, 1.807) is 12.1 Å². The molecule has 2 saturated carbocycles. The molecule has 0 aromatic heterocycles. The SMILES string of the molecule is CCC[C@H]1CC[C@H](CC[C@H]2CC[C@H](c3ccc(C(F)(F)Oc4cc(F)c(F)c(F)c4)cc3)CC2)CC1. The molecule has 2 aliphatic rings. The van der Waals surface area contributed by atoms with Gasteiger partial charge in [0.25, 0.3) is 0 Å². The zero-order valence-corrected chi connectivity index (χ0v) is 21.1. The molecule has 0 unspecified atom stereocenters. The third kappa shape index (κ3) is 6.80. The van der Waals surface area contributed by atoms with Crippen molar-refractivity contribution in [2.24, 2.45) is 17.8 Å². The van der Waals surface area contributed by atoms with Crippen LogP contribution in [0.3, 0.4) is 0 Å². The van der Waals surface area contributed by atoms with Gasteiger partial charge in [-0.1, -0.05) is 70.4 Å². The van der Waals surface area contributed by atoms with E-state index in [4.69, 9.17) is 0 Å². The number of hydrogen-bond donors (Lipinski definition) is 0. The molecule has 36 heavy (non-hydrogen) atoms. The van der Waals surface area contributed by atoms with Crippen LogP contribution in [0.1, 0.15) is 101 Å². The van der Waals surface area contributed by atoms with Gasteiger partial charge in [0, 0.05) is 12.1 Å². The lowest BCUT2D eigenvalue weighted by molar-refractivity contribution is -0.185. The summed E-state index contributed by atoms with van der Waals surface area (Å²) in [7, 11) is 0. The van der Waals surface area contributed by atoms with Crippen molar-refractivity contribution in [3.63, 3.8) is 0 Å². The first kappa shape index (κ1) is 26.9. The van der Waals surface area contributed by atoms with Gasteiger partial charge in [0.1, 0.15) is 5.75 Å². The van der Waals surface area contributed by atoms with Gasteiger partial charge in [-0.15, -0.1) is 0 Å². The van der Waals surface area contributed by atoms with Crippen molar-refractivity contribution in [1.29, 1.82) is 0 Å². The number of ether oxygens (including phenoxy) is 1. The predicted molar refractivity (Wildman–Crippen MR) is 132 cm³/mol. The number of rotatable bonds is 9. The predicted octanol–water partition coefficient (Wildman–Crippen LogP) is 9.89. The minimum Gasteiger partial charge on any atom is -0.429 e. The van der Waals surface area contributed by atoms with Crippen LogP contribution in [0.15, 0.2) is 36.4 Å². The molecule has 0 spiro atoms. The van der Waals surface area contributed by atoms with E-state index in [0.29, 0.717) is 18.1 Å². The van der Waals surface area contributed by atoms with E-state index in [-0.39, 0.29) is 0 Å². The summed E-state index contributed by atoms with van der Waals surface area (Å²) in [6.07, 6.45) is 11.6. The Balaban J connectivity index is 1.25. The Bertz CT molecular complexity index is 950. The Labute approximate surface area is 211 Å². The number of benzene rings is 2. The summed E-state index contributed by atoms with van der Waals surface area (Å²) in [6.45, 7) is 2.28. The lowest BCUT2D eigenvalue weighted by Crippen LogP contribution is -2.22. The van der Waals surface area contributed by atoms with Crippen LogP contribution < -0.4 is 4.74 Å². The maximum Gasteiger partial charge on any atom is 0.426 e. The summed E-state index contributed by atoms with van der Waals surface area (Å²) in [6, 6.07) is 6.81. The summed E-state index contributed by atoms with van der Waals surface area (Å²) < 4.78 is 73.4. The lowest BCUT2D eigenvalue weighted by atomic mass is 9.74. The van der Waals surface area contributed by atoms with E-state index in [1.807, 2.05) is 0 Å². The molecule has 4 rings (SSSR count). The van der Waals surface area contributed by atoms with Crippen LogP contribution >= 0.6 is 0 Å². The lowest BCUT2D eigenvalue weighted by Gasteiger charge is -2.32. The van der Waals surface area contributed by atoms with Crippen LogP contribution in [0.5, 0.6) is 5.75 Å². The first-order valence-corrected chi connectivity index (χ1v) is 13.6. The Hall–Kier alpha value is -2.11. The largest absolute Gasteiger partial charge is 0.429 e. The molecule has 6 heteroatoms. The van der Waals surface area contributed by atoms with Crippen LogP contribution in [0.4, 0.5) is 22.0 Å². The topological polar surface area (TPSA) is 9.23 Å². The third-order valence-corrected chi connectivity index (χ3v) is 8.41. The molecule has 0 N–H and O–H groups in total. The summed E-state index contributed by atoms with van der Waals surface area (Å²) in [5.41, 5.74) is 0.611. The summed E-state index contributed by atoms with van der Waals surface area (Å²) >= 11 is 0. The standard InChI is InChI=1S/C30H37F5O/c1-2-3-20-4-6-21(7-5-20)8-9-22-10-12-23(13-11-22)24-14-16-25(17-15-24)30(34,35)36-26-18-27(31)29(33)28(32)19-26/h14-23H,2-13H2,1H3/t20-,21-,22-,23-. The molecule has 0 heterocycles. The van der Waals surface area contributed by atoms with Crippen LogP contribution in [0.25, 0.3) is 0 Å². The molecule has 0 radical (unpaired) electrons. The molecule has 2 aromatic rings. The van der Waals surface area contributed by atoms with Gasteiger partial charge in [-0.3, -0.25) is 0 Å². The fourth-order valence-electron chi connectivity index (χ4n) is 6.22. The normalized spacial score (nSPS) is 25.1. The molecule has 198 valence electrons. The minimum atomic E-state index is -3.80. The van der Waals surface area contributed by atoms with Crippen molar-refractivity contribution in [2.75, 3.05) is 0 Å². The van der Waals surface area contributed by atoms with Crippen molar-refractivity contribution < 1.29 is 26.7 Å². The van der Waals surface area contributed by atoms with Crippen molar-refractivity contribution in [1.82, 2.24) is 0 Å². The fraction of sp³-hybridized carbons (Fsp3) is 0.600. The molecule has 1 nitrogen and oxygen atoms in total. The second kappa shape index (κ2) is 12.0. The molecule has 0 amide bonds. The molecule has 2 aliphatic carbocycles. The van der Waals surface area contributed by atoms with Gasteiger partial charge >= 0.3 is 6.11 Å². The van der Waals surface area contributed by atoms with Gasteiger partial charge in [-0.05, 0) is 67.1 Å². The number of hydrogen-bond acceptors (Lipinski definition) is 1. The van der Waals surface area contributed by atoms with E-state index in [9.17, 15) is 22.0 Å². The summed E-state index contributed by atoms with van der Waals surface area (Å²) in [4.78, 5) is 0. The molecule has 0 saturated heterocycles. The van der Waals surface area contributed by atoms with Gasteiger partial charge in [-0.25, -0.2) is 13.2 Å². The van der Waals surface area contributed by atoms with E-state index in [2.05, 4.69) is 11.7 Å². The Morgan fingerprint density at radius 1 is 0.722 bits per heavy atom. The van der Waals surface area contributed by atoms with Gasteiger partial charge < -0.3 is 4.74 Å². The van der Waals surface area contributed by atoms with Crippen LogP contribution in [0.2, 0.25) is 0 Å². The first-order valence-electron chi connectivity index (χ1n) is 13.6. The molecule has 0 aliphatic heterocycles. The Morgan fingerprint density at radius 3 is 1.69 bits per heavy atom. The highest BCUT2D eigenvalue weighted by Gasteiger charge is 2.35. The molecule has 0 atom stereocenters. The second-order valence-electron chi connectivity index (χ2n) is 10.9. The molecular formula is C30H37F5O. The second-order valence-corrected chi connectivity index (χ2v) is 10.9. The Morgan fingerprint density at radius 2 is 1.19 bits per heavy atom. The van der Waals surface area contributed by atoms with Crippen molar-refractivity contribution in [2.45, 2.75) is 96.0 Å².